The zero-order chi connectivity index (χ0) is 20.5. The lowest BCUT2D eigenvalue weighted by Crippen LogP contribution is -2.48. The number of hydrogen-bond acceptors (Lipinski definition) is 6. The van der Waals surface area contributed by atoms with Gasteiger partial charge in [0.25, 0.3) is 0 Å². The molecule has 1 saturated heterocycles. The van der Waals surface area contributed by atoms with E-state index in [1.54, 1.807) is 6.21 Å². The van der Waals surface area contributed by atoms with Crippen molar-refractivity contribution in [2.45, 2.75) is 19.8 Å². The zero-order valence-corrected chi connectivity index (χ0v) is 17.1. The summed E-state index contributed by atoms with van der Waals surface area (Å²) in [5.74, 6) is 5.08. The second-order valence-electron chi connectivity index (χ2n) is 7.28. The number of ether oxygens (including phenoxy) is 1. The van der Waals surface area contributed by atoms with Crippen LogP contribution in [0, 0.1) is 0 Å². The standard InChI is InChI=1S/C23H30N4O2/c1-2-3-16-29-23(28)18-26-12-14-27(15-13-26)22-10-8-21(9-11-22)20-6-4-19(5-7-20)17-25-24/h4-11,17H,2-3,12-16,18,24H2,1H3. The third kappa shape index (κ3) is 6.06. The smallest absolute Gasteiger partial charge is 0.320 e. The van der Waals surface area contributed by atoms with Crippen molar-refractivity contribution >= 4 is 17.9 Å². The number of unbranched alkanes of at least 4 members (excludes halogenated alkanes) is 1. The van der Waals surface area contributed by atoms with Crippen LogP contribution in [0.2, 0.25) is 0 Å². The Balaban J connectivity index is 1.50. The fourth-order valence-electron chi connectivity index (χ4n) is 3.44. The third-order valence-electron chi connectivity index (χ3n) is 5.19. The minimum absolute atomic E-state index is 0.111. The minimum Gasteiger partial charge on any atom is -0.465 e. The van der Waals surface area contributed by atoms with Crippen molar-refractivity contribution < 1.29 is 9.53 Å². The van der Waals surface area contributed by atoms with Gasteiger partial charge < -0.3 is 15.5 Å². The van der Waals surface area contributed by atoms with E-state index in [9.17, 15) is 4.79 Å². The molecule has 1 heterocycles. The number of rotatable bonds is 8. The molecular weight excluding hydrogens is 364 g/mol. The van der Waals surface area contributed by atoms with Gasteiger partial charge in [-0.1, -0.05) is 49.7 Å². The summed E-state index contributed by atoms with van der Waals surface area (Å²) in [6, 6.07) is 16.8. The second-order valence-corrected chi connectivity index (χ2v) is 7.28. The van der Waals surface area contributed by atoms with Crippen LogP contribution in [0.4, 0.5) is 5.69 Å². The van der Waals surface area contributed by atoms with Crippen LogP contribution >= 0.6 is 0 Å². The predicted octanol–water partition coefficient (Wildman–Crippen LogP) is 3.11. The first-order valence-corrected chi connectivity index (χ1v) is 10.3. The molecule has 1 fully saturated rings. The Morgan fingerprint density at radius 2 is 1.66 bits per heavy atom. The summed E-state index contributed by atoms with van der Waals surface area (Å²) < 4.78 is 5.27. The van der Waals surface area contributed by atoms with Gasteiger partial charge in [0.1, 0.15) is 0 Å². The highest BCUT2D eigenvalue weighted by molar-refractivity contribution is 5.80. The molecule has 2 N–H and O–H groups in total. The van der Waals surface area contributed by atoms with Gasteiger partial charge in [-0.15, -0.1) is 0 Å². The van der Waals surface area contributed by atoms with Crippen molar-refractivity contribution in [3.05, 3.63) is 54.1 Å². The van der Waals surface area contributed by atoms with Gasteiger partial charge >= 0.3 is 5.97 Å². The SMILES string of the molecule is CCCCOC(=O)CN1CCN(c2ccc(-c3ccc(C=NN)cc3)cc2)CC1. The molecule has 6 nitrogen and oxygen atoms in total. The number of benzene rings is 2. The van der Waals surface area contributed by atoms with Crippen molar-refractivity contribution in [1.82, 2.24) is 4.90 Å². The number of esters is 1. The van der Waals surface area contributed by atoms with E-state index in [0.717, 1.165) is 50.1 Å². The van der Waals surface area contributed by atoms with Gasteiger partial charge in [-0.25, -0.2) is 0 Å². The molecule has 0 amide bonds. The molecule has 154 valence electrons. The average molecular weight is 395 g/mol. The Morgan fingerprint density at radius 3 is 2.24 bits per heavy atom. The Kier molecular flexibility index (Phi) is 7.64. The van der Waals surface area contributed by atoms with Gasteiger partial charge in [0.05, 0.1) is 19.4 Å². The van der Waals surface area contributed by atoms with Crippen LogP contribution in [0.1, 0.15) is 25.3 Å². The van der Waals surface area contributed by atoms with Crippen molar-refractivity contribution in [3.63, 3.8) is 0 Å². The molecule has 3 rings (SSSR count). The summed E-state index contributed by atoms with van der Waals surface area (Å²) in [4.78, 5) is 16.4. The number of hydrogen-bond donors (Lipinski definition) is 1. The molecule has 29 heavy (non-hydrogen) atoms. The fraction of sp³-hybridized carbons (Fsp3) is 0.391. The summed E-state index contributed by atoms with van der Waals surface area (Å²) in [5, 5.41) is 3.55. The van der Waals surface area contributed by atoms with E-state index in [1.165, 1.54) is 11.3 Å². The highest BCUT2D eigenvalue weighted by Gasteiger charge is 2.19. The first kappa shape index (κ1) is 20.9. The molecule has 0 spiro atoms. The van der Waals surface area contributed by atoms with Crippen LogP contribution in [0.25, 0.3) is 11.1 Å². The molecule has 1 aliphatic heterocycles. The first-order valence-electron chi connectivity index (χ1n) is 10.3. The molecule has 1 aliphatic rings. The summed E-state index contributed by atoms with van der Waals surface area (Å²) in [6.45, 7) is 6.58. The van der Waals surface area contributed by atoms with E-state index in [2.05, 4.69) is 58.2 Å². The normalized spacial score (nSPS) is 15.0. The zero-order valence-electron chi connectivity index (χ0n) is 17.1. The number of carbonyl (C=O) groups is 1. The minimum atomic E-state index is -0.111. The van der Waals surface area contributed by atoms with E-state index in [-0.39, 0.29) is 5.97 Å². The van der Waals surface area contributed by atoms with Crippen LogP contribution in [-0.4, -0.2) is 56.4 Å². The van der Waals surface area contributed by atoms with Crippen LogP contribution in [-0.2, 0) is 9.53 Å². The maximum absolute atomic E-state index is 11.9. The van der Waals surface area contributed by atoms with E-state index in [0.29, 0.717) is 13.2 Å². The summed E-state index contributed by atoms with van der Waals surface area (Å²) in [5.41, 5.74) is 4.54. The molecule has 0 aromatic heterocycles. The Hall–Kier alpha value is -2.86. The maximum Gasteiger partial charge on any atom is 0.320 e. The van der Waals surface area contributed by atoms with Crippen molar-refractivity contribution in [2.24, 2.45) is 10.9 Å². The number of nitrogens with two attached hydrogens (primary N) is 1. The van der Waals surface area contributed by atoms with Crippen LogP contribution in [0.15, 0.2) is 53.6 Å². The second kappa shape index (κ2) is 10.6. The molecule has 0 atom stereocenters. The molecule has 2 aromatic carbocycles. The number of carbonyl (C=O) groups excluding carboxylic acids is 1. The van der Waals surface area contributed by atoms with E-state index < -0.39 is 0 Å². The summed E-state index contributed by atoms with van der Waals surface area (Å²) in [7, 11) is 0. The lowest BCUT2D eigenvalue weighted by molar-refractivity contribution is -0.145. The van der Waals surface area contributed by atoms with Gasteiger partial charge in [0.15, 0.2) is 0 Å². The Morgan fingerprint density at radius 1 is 1.03 bits per heavy atom. The van der Waals surface area contributed by atoms with Crippen LogP contribution in [0.5, 0.6) is 0 Å². The molecule has 0 saturated carbocycles. The quantitative estimate of drug-likeness (QED) is 0.245. The lowest BCUT2D eigenvalue weighted by Gasteiger charge is -2.35. The summed E-state index contributed by atoms with van der Waals surface area (Å²) >= 11 is 0. The molecule has 0 aliphatic carbocycles. The van der Waals surface area contributed by atoms with E-state index in [4.69, 9.17) is 10.6 Å². The van der Waals surface area contributed by atoms with Gasteiger partial charge in [-0.3, -0.25) is 9.69 Å². The first-order chi connectivity index (χ1) is 14.2. The lowest BCUT2D eigenvalue weighted by atomic mass is 10.0. The van der Waals surface area contributed by atoms with Gasteiger partial charge in [-0.05, 0) is 35.2 Å². The number of piperazine rings is 1. The number of nitrogens with zero attached hydrogens (tertiary/aromatic N) is 3. The highest BCUT2D eigenvalue weighted by atomic mass is 16.5. The Labute approximate surface area is 172 Å². The molecule has 0 radical (unpaired) electrons. The molecule has 6 heteroatoms. The van der Waals surface area contributed by atoms with E-state index >= 15 is 0 Å². The van der Waals surface area contributed by atoms with E-state index in [1.807, 2.05) is 12.1 Å². The molecule has 0 unspecified atom stereocenters. The number of hydrazone groups is 1. The highest BCUT2D eigenvalue weighted by Crippen LogP contribution is 2.24. The predicted molar refractivity (Wildman–Crippen MR) is 118 cm³/mol. The molecule has 2 aromatic rings. The molecular formula is C23H30N4O2. The van der Waals surface area contributed by atoms with Crippen molar-refractivity contribution in [2.75, 3.05) is 44.2 Å². The maximum atomic E-state index is 11.9. The van der Waals surface area contributed by atoms with Crippen LogP contribution in [0.3, 0.4) is 0 Å². The average Bonchev–Trinajstić information content (AvgIpc) is 2.75. The largest absolute Gasteiger partial charge is 0.465 e. The van der Waals surface area contributed by atoms with Gasteiger partial charge in [0, 0.05) is 31.9 Å². The third-order valence-corrected chi connectivity index (χ3v) is 5.19. The Bertz CT molecular complexity index is 795. The molecule has 0 bridgehead atoms. The van der Waals surface area contributed by atoms with Crippen molar-refractivity contribution in [1.29, 1.82) is 0 Å². The monoisotopic (exact) mass is 394 g/mol. The topological polar surface area (TPSA) is 71.2 Å². The fourth-order valence-corrected chi connectivity index (χ4v) is 3.44. The van der Waals surface area contributed by atoms with Crippen LogP contribution < -0.4 is 10.7 Å². The van der Waals surface area contributed by atoms with Crippen molar-refractivity contribution in [3.8, 4) is 11.1 Å². The van der Waals surface area contributed by atoms with Gasteiger partial charge in [-0.2, -0.15) is 5.10 Å². The van der Waals surface area contributed by atoms with Gasteiger partial charge in [0.2, 0.25) is 0 Å². The number of anilines is 1. The summed E-state index contributed by atoms with van der Waals surface area (Å²) in [6.07, 6.45) is 3.61.